The van der Waals surface area contributed by atoms with Crippen molar-refractivity contribution >= 4 is 75.6 Å². The van der Waals surface area contributed by atoms with E-state index in [0.717, 1.165) is 0 Å². The molecular weight excluding hydrogens is 342 g/mol. The average molecular weight is 381 g/mol. The molecule has 0 aliphatic rings. The van der Waals surface area contributed by atoms with Gasteiger partial charge in [-0.3, -0.25) is 0 Å². The molecule has 0 atom stereocenters. The number of hydrogen-bond acceptors (Lipinski definition) is 0. The molecule has 0 aromatic rings. The van der Waals surface area contributed by atoms with E-state index in [1.54, 1.807) is 24.6 Å². The summed E-state index contributed by atoms with van der Waals surface area (Å²) in [5.74, 6) is 0. The predicted octanol–water partition coefficient (Wildman–Crippen LogP) is 5.87. The topological polar surface area (TPSA) is 0 Å². The van der Waals surface area contributed by atoms with Crippen LogP contribution in [0, 0.1) is 0 Å². The molecule has 0 radical (unpaired) electrons. The summed E-state index contributed by atoms with van der Waals surface area (Å²) in [7, 11) is -0.879. The van der Waals surface area contributed by atoms with E-state index in [4.69, 9.17) is 0 Å². The molecule has 19 heavy (non-hydrogen) atoms. The van der Waals surface area contributed by atoms with Crippen molar-refractivity contribution in [2.45, 2.75) is 79.1 Å². The van der Waals surface area contributed by atoms with E-state index in [2.05, 4.69) is 27.7 Å². The van der Waals surface area contributed by atoms with Crippen molar-refractivity contribution in [1.82, 2.24) is 0 Å². The molecule has 0 aromatic heterocycles. The Morgan fingerprint density at radius 1 is 0.526 bits per heavy atom. The minimum atomic E-state index is -0.879. The summed E-state index contributed by atoms with van der Waals surface area (Å²) in [5.41, 5.74) is 0. The molecule has 0 heterocycles. The van der Waals surface area contributed by atoms with E-state index >= 15 is 0 Å². The van der Waals surface area contributed by atoms with Gasteiger partial charge in [0, 0.05) is 0 Å². The maximum absolute atomic E-state index is 2.36. The third-order valence-corrected chi connectivity index (χ3v) is 9.90. The molecule has 0 aliphatic carbocycles. The van der Waals surface area contributed by atoms with Gasteiger partial charge in [0.05, 0.1) is 0 Å². The molecule has 0 N–H and O–H groups in total. The Kier molecular flexibility index (Phi) is 25.9. The zero-order valence-corrected chi connectivity index (χ0v) is 16.1. The molecule has 0 fully saturated rings. The second-order valence-electron chi connectivity index (χ2n) is 5.91. The van der Waals surface area contributed by atoms with Gasteiger partial charge in [0.2, 0.25) is 0 Å². The molecule has 0 nitrogen and oxygen atoms in total. The fourth-order valence-corrected chi connectivity index (χ4v) is 8.87. The van der Waals surface area contributed by atoms with Crippen LogP contribution in [0.5, 0.6) is 0 Å². The van der Waals surface area contributed by atoms with Crippen LogP contribution in [0.15, 0.2) is 0 Å². The van der Waals surface area contributed by atoms with Gasteiger partial charge in [0.25, 0.3) is 0 Å². The summed E-state index contributed by atoms with van der Waals surface area (Å²) in [6.07, 6.45) is 18.1. The van der Waals surface area contributed by atoms with Gasteiger partial charge < -0.3 is 0 Å². The molecule has 0 spiro atoms. The van der Waals surface area contributed by atoms with E-state index in [1.807, 2.05) is 0 Å². The van der Waals surface area contributed by atoms with Gasteiger partial charge in [-0.15, -0.1) is 17.0 Å². The van der Waals surface area contributed by atoms with Gasteiger partial charge in [0.1, 0.15) is 0 Å². The van der Waals surface area contributed by atoms with Crippen molar-refractivity contribution in [3.63, 3.8) is 0 Å². The zero-order valence-electron chi connectivity index (χ0n) is 13.4. The van der Waals surface area contributed by atoms with E-state index < -0.39 is 7.26 Å². The van der Waals surface area contributed by atoms with Crippen LogP contribution in [-0.4, -0.2) is 76.0 Å². The molecule has 0 rings (SSSR count). The van der Waals surface area contributed by atoms with Crippen molar-refractivity contribution in [2.24, 2.45) is 0 Å². The van der Waals surface area contributed by atoms with Gasteiger partial charge in [0.15, 0.2) is 0 Å². The minimum absolute atomic E-state index is 0. The third kappa shape index (κ3) is 13.9. The first-order valence-corrected chi connectivity index (χ1v) is 11.1. The second kappa shape index (κ2) is 18.6. The summed E-state index contributed by atoms with van der Waals surface area (Å²) in [5, 5.41) is 0. The SMILES string of the molecule is Br.CCCC[PH](CCCC)(CCCC)CCCC.[KH]. The Morgan fingerprint density at radius 3 is 0.895 bits per heavy atom. The Labute approximate surface area is 177 Å². The number of unbranched alkanes of at least 4 members (excludes halogenated alkanes) is 4. The molecule has 3 heteroatoms. The number of halogens is 1. The van der Waals surface area contributed by atoms with Crippen molar-refractivity contribution in [2.75, 3.05) is 24.6 Å². The number of hydrogen-bond donors (Lipinski definition) is 0. The molecular formula is C16H39BrKP. The van der Waals surface area contributed by atoms with Crippen LogP contribution in [0.4, 0.5) is 0 Å². The molecule has 0 amide bonds. The fourth-order valence-electron chi connectivity index (χ4n) is 2.96. The van der Waals surface area contributed by atoms with Crippen molar-refractivity contribution in [3.8, 4) is 0 Å². The maximum atomic E-state index is 2.36. The van der Waals surface area contributed by atoms with Gasteiger partial charge in [-0.1, -0.05) is 0 Å². The van der Waals surface area contributed by atoms with Gasteiger partial charge >= 0.3 is 162 Å². The van der Waals surface area contributed by atoms with Crippen LogP contribution in [0.1, 0.15) is 79.1 Å². The van der Waals surface area contributed by atoms with E-state index in [-0.39, 0.29) is 68.4 Å². The molecule has 0 aromatic carbocycles. The first-order valence-electron chi connectivity index (χ1n) is 8.24. The van der Waals surface area contributed by atoms with Crippen LogP contribution >= 0.6 is 24.2 Å². The molecule has 0 unspecified atom stereocenters. The summed E-state index contributed by atoms with van der Waals surface area (Å²) in [6, 6.07) is 0. The van der Waals surface area contributed by atoms with Gasteiger partial charge in [-0.2, -0.15) is 0 Å². The molecule has 0 bridgehead atoms. The van der Waals surface area contributed by atoms with Crippen LogP contribution in [-0.2, 0) is 0 Å². The monoisotopic (exact) mass is 380 g/mol. The second-order valence-corrected chi connectivity index (χ2v) is 10.9. The normalized spacial score (nSPS) is 11.6. The third-order valence-electron chi connectivity index (χ3n) is 4.24. The Hall–Kier alpha value is 2.55. The van der Waals surface area contributed by atoms with E-state index in [1.165, 1.54) is 51.4 Å². The average Bonchev–Trinajstić information content (AvgIpc) is 2.37. The Bertz CT molecular complexity index is 127. The molecule has 0 saturated heterocycles. The summed E-state index contributed by atoms with van der Waals surface area (Å²) in [6.45, 7) is 9.44. The summed E-state index contributed by atoms with van der Waals surface area (Å²) < 4.78 is 0. The van der Waals surface area contributed by atoms with Gasteiger partial charge in [-0.05, 0) is 0 Å². The molecule has 0 saturated carbocycles. The first-order chi connectivity index (χ1) is 8.24. The zero-order chi connectivity index (χ0) is 13.0. The van der Waals surface area contributed by atoms with Crippen LogP contribution in [0.25, 0.3) is 0 Å². The summed E-state index contributed by atoms with van der Waals surface area (Å²) >= 11 is 0. The molecule has 0 aliphatic heterocycles. The van der Waals surface area contributed by atoms with Crippen LogP contribution in [0.2, 0.25) is 0 Å². The summed E-state index contributed by atoms with van der Waals surface area (Å²) in [4.78, 5) is 0. The van der Waals surface area contributed by atoms with Crippen LogP contribution < -0.4 is 0 Å². The van der Waals surface area contributed by atoms with Crippen molar-refractivity contribution in [1.29, 1.82) is 0 Å². The first kappa shape index (κ1) is 26.4. The standard InChI is InChI=1S/C16H37P.BrH.K.H/c1-5-9-13-17(14-10-6-2,15-11-7-3)16-12-8-4;;;/h17H,5-16H2,1-4H3;1H;;. The van der Waals surface area contributed by atoms with Crippen molar-refractivity contribution in [3.05, 3.63) is 0 Å². The van der Waals surface area contributed by atoms with E-state index in [0.29, 0.717) is 0 Å². The van der Waals surface area contributed by atoms with Crippen molar-refractivity contribution < 1.29 is 0 Å². The Balaban J connectivity index is -0.00000128. The predicted molar refractivity (Wildman–Crippen MR) is 105 cm³/mol. The quantitative estimate of drug-likeness (QED) is 0.293. The molecule has 116 valence electrons. The van der Waals surface area contributed by atoms with Crippen LogP contribution in [0.3, 0.4) is 0 Å². The fraction of sp³-hybridized carbons (Fsp3) is 1.00. The van der Waals surface area contributed by atoms with E-state index in [9.17, 15) is 0 Å². The Morgan fingerprint density at radius 2 is 0.737 bits per heavy atom. The van der Waals surface area contributed by atoms with Gasteiger partial charge in [-0.25, -0.2) is 0 Å². The number of rotatable bonds is 12.